The van der Waals surface area contributed by atoms with Gasteiger partial charge in [-0.3, -0.25) is 4.79 Å². The largest absolute Gasteiger partial charge is 0.298 e. The number of hydrogen-bond acceptors (Lipinski definition) is 3. The van der Waals surface area contributed by atoms with Gasteiger partial charge >= 0.3 is 0 Å². The molecule has 1 fully saturated rings. The third-order valence-corrected chi connectivity index (χ3v) is 6.57. The van der Waals surface area contributed by atoms with Crippen molar-refractivity contribution in [3.63, 3.8) is 0 Å². The molecule has 1 heterocycles. The fraction of sp³-hybridized carbons (Fsp3) is 0.316. The van der Waals surface area contributed by atoms with E-state index in [1.165, 1.54) is 5.56 Å². The summed E-state index contributed by atoms with van der Waals surface area (Å²) >= 11 is 0. The molecule has 2 aromatic rings. The predicted molar refractivity (Wildman–Crippen MR) is 93.7 cm³/mol. The maximum absolute atomic E-state index is 12.7. The molecule has 0 aliphatic carbocycles. The van der Waals surface area contributed by atoms with E-state index in [0.717, 1.165) is 24.7 Å². The highest BCUT2D eigenvalue weighted by Gasteiger charge is 2.29. The first kappa shape index (κ1) is 16.9. The van der Waals surface area contributed by atoms with E-state index in [9.17, 15) is 13.2 Å². The first-order valence-electron chi connectivity index (χ1n) is 8.12. The van der Waals surface area contributed by atoms with Crippen LogP contribution in [-0.2, 0) is 10.0 Å². The number of rotatable bonds is 4. The van der Waals surface area contributed by atoms with E-state index in [1.54, 1.807) is 16.4 Å². The van der Waals surface area contributed by atoms with Crippen LogP contribution in [0.2, 0.25) is 0 Å². The molecule has 1 saturated heterocycles. The summed E-state index contributed by atoms with van der Waals surface area (Å²) in [7, 11) is -3.41. The Labute approximate surface area is 143 Å². The molecule has 1 aliphatic heterocycles. The zero-order valence-corrected chi connectivity index (χ0v) is 14.5. The van der Waals surface area contributed by atoms with Gasteiger partial charge < -0.3 is 0 Å². The smallest absolute Gasteiger partial charge is 0.243 e. The lowest BCUT2D eigenvalue weighted by Gasteiger charge is -2.31. The molecule has 0 amide bonds. The van der Waals surface area contributed by atoms with E-state index in [2.05, 4.69) is 0 Å². The summed E-state index contributed by atoms with van der Waals surface area (Å²) in [6.07, 6.45) is 2.43. The first-order chi connectivity index (χ1) is 11.5. The van der Waals surface area contributed by atoms with Crippen LogP contribution < -0.4 is 0 Å². The number of nitrogens with zero attached hydrogens (tertiary/aromatic N) is 1. The van der Waals surface area contributed by atoms with Crippen molar-refractivity contribution in [1.82, 2.24) is 4.31 Å². The van der Waals surface area contributed by atoms with Crippen molar-refractivity contribution in [2.75, 3.05) is 13.1 Å². The minimum absolute atomic E-state index is 0.343. The second-order valence-electron chi connectivity index (χ2n) is 6.28. The lowest BCUT2D eigenvalue weighted by Crippen LogP contribution is -2.37. The topological polar surface area (TPSA) is 54.5 Å². The van der Waals surface area contributed by atoms with Crippen molar-refractivity contribution in [3.8, 4) is 0 Å². The fourth-order valence-electron chi connectivity index (χ4n) is 3.14. The van der Waals surface area contributed by atoms with E-state index in [-0.39, 0.29) is 0 Å². The third-order valence-electron chi connectivity index (χ3n) is 4.66. The highest BCUT2D eigenvalue weighted by molar-refractivity contribution is 7.89. The summed E-state index contributed by atoms with van der Waals surface area (Å²) in [5.74, 6) is 0.343. The van der Waals surface area contributed by atoms with Crippen molar-refractivity contribution < 1.29 is 13.2 Å². The monoisotopic (exact) mass is 343 g/mol. The lowest BCUT2D eigenvalue weighted by molar-refractivity contribution is 0.112. The Morgan fingerprint density at radius 2 is 1.54 bits per heavy atom. The van der Waals surface area contributed by atoms with Gasteiger partial charge in [0, 0.05) is 18.7 Å². The predicted octanol–water partition coefficient (Wildman–Crippen LogP) is 3.38. The van der Waals surface area contributed by atoms with Gasteiger partial charge in [0.25, 0.3) is 0 Å². The average molecular weight is 343 g/mol. The van der Waals surface area contributed by atoms with E-state index >= 15 is 0 Å². The molecule has 3 rings (SSSR count). The molecule has 126 valence electrons. The number of piperidine rings is 1. The van der Waals surface area contributed by atoms with Crippen LogP contribution in [-0.4, -0.2) is 32.1 Å². The summed E-state index contributed by atoms with van der Waals surface area (Å²) in [6.45, 7) is 2.99. The van der Waals surface area contributed by atoms with Gasteiger partial charge in [-0.2, -0.15) is 4.31 Å². The van der Waals surface area contributed by atoms with Crippen LogP contribution in [0.3, 0.4) is 0 Å². The Bertz CT molecular complexity index is 803. The van der Waals surface area contributed by atoms with Gasteiger partial charge in [0.05, 0.1) is 4.90 Å². The number of carbonyl (C=O) groups excluding carboxylic acids is 1. The van der Waals surface area contributed by atoms with E-state index < -0.39 is 10.0 Å². The summed E-state index contributed by atoms with van der Waals surface area (Å²) < 4.78 is 27.0. The Morgan fingerprint density at radius 1 is 0.958 bits per heavy atom. The van der Waals surface area contributed by atoms with Crippen LogP contribution in [0.5, 0.6) is 0 Å². The maximum atomic E-state index is 12.7. The van der Waals surface area contributed by atoms with Crippen LogP contribution in [0.15, 0.2) is 53.4 Å². The molecule has 0 unspecified atom stereocenters. The molecule has 0 aromatic heterocycles. The second-order valence-corrected chi connectivity index (χ2v) is 8.21. The maximum Gasteiger partial charge on any atom is 0.243 e. The summed E-state index contributed by atoms with van der Waals surface area (Å²) in [6, 6.07) is 14.6. The number of aryl methyl sites for hydroxylation is 1. The molecule has 0 bridgehead atoms. The molecular formula is C19H21NO3S. The minimum atomic E-state index is -3.41. The quantitative estimate of drug-likeness (QED) is 0.800. The zero-order valence-electron chi connectivity index (χ0n) is 13.7. The molecule has 0 N–H and O–H groups in total. The van der Waals surface area contributed by atoms with Gasteiger partial charge in [-0.1, -0.05) is 42.0 Å². The number of hydrogen-bond donors (Lipinski definition) is 0. The molecule has 0 saturated carbocycles. The molecule has 0 atom stereocenters. The Balaban J connectivity index is 1.69. The van der Waals surface area contributed by atoms with Crippen molar-refractivity contribution in [2.45, 2.75) is 30.6 Å². The average Bonchev–Trinajstić information content (AvgIpc) is 2.62. The summed E-state index contributed by atoms with van der Waals surface area (Å²) in [5, 5.41) is 0. The van der Waals surface area contributed by atoms with Crippen LogP contribution in [0, 0.1) is 6.92 Å². The van der Waals surface area contributed by atoms with Crippen LogP contribution in [0.25, 0.3) is 0 Å². The van der Waals surface area contributed by atoms with Gasteiger partial charge in [0.15, 0.2) is 0 Å². The number of aldehydes is 1. The standard InChI is InChI=1S/C19H21NO3S/c1-15-2-8-19(9-3-15)24(22,23)20-12-10-18(11-13-20)17-6-4-16(14-21)5-7-17/h2-9,14,18H,10-13H2,1H3. The van der Waals surface area contributed by atoms with Gasteiger partial charge in [0.2, 0.25) is 10.0 Å². The van der Waals surface area contributed by atoms with Gasteiger partial charge in [-0.15, -0.1) is 0 Å². The van der Waals surface area contributed by atoms with Crippen LogP contribution in [0.1, 0.15) is 40.2 Å². The van der Waals surface area contributed by atoms with Crippen molar-refractivity contribution in [3.05, 3.63) is 65.2 Å². The SMILES string of the molecule is Cc1ccc(S(=O)(=O)N2CCC(c3ccc(C=O)cc3)CC2)cc1. The molecule has 24 heavy (non-hydrogen) atoms. The van der Waals surface area contributed by atoms with Crippen LogP contribution >= 0.6 is 0 Å². The van der Waals surface area contributed by atoms with Crippen LogP contribution in [0.4, 0.5) is 0 Å². The normalized spacial score (nSPS) is 16.9. The molecular weight excluding hydrogens is 322 g/mol. The van der Waals surface area contributed by atoms with Crippen molar-refractivity contribution in [2.24, 2.45) is 0 Å². The first-order valence-corrected chi connectivity index (χ1v) is 9.56. The summed E-state index contributed by atoms with van der Waals surface area (Å²) in [5.41, 5.74) is 2.89. The number of carbonyl (C=O) groups is 1. The molecule has 0 radical (unpaired) electrons. The van der Waals surface area contributed by atoms with Crippen molar-refractivity contribution >= 4 is 16.3 Å². The third kappa shape index (κ3) is 3.42. The highest BCUT2D eigenvalue weighted by atomic mass is 32.2. The van der Waals surface area contributed by atoms with Gasteiger partial charge in [-0.25, -0.2) is 8.42 Å². The molecule has 2 aromatic carbocycles. The van der Waals surface area contributed by atoms with E-state index in [1.807, 2.05) is 43.3 Å². The van der Waals surface area contributed by atoms with Gasteiger partial charge in [0.1, 0.15) is 6.29 Å². The van der Waals surface area contributed by atoms with Gasteiger partial charge in [-0.05, 0) is 43.4 Å². The Hall–Kier alpha value is -1.98. The van der Waals surface area contributed by atoms with E-state index in [0.29, 0.717) is 29.5 Å². The van der Waals surface area contributed by atoms with E-state index in [4.69, 9.17) is 0 Å². The fourth-order valence-corrected chi connectivity index (χ4v) is 4.61. The molecule has 0 spiro atoms. The Kier molecular flexibility index (Phi) is 4.83. The minimum Gasteiger partial charge on any atom is -0.298 e. The van der Waals surface area contributed by atoms with Crippen molar-refractivity contribution in [1.29, 1.82) is 0 Å². The molecule has 5 heteroatoms. The summed E-state index contributed by atoms with van der Waals surface area (Å²) in [4.78, 5) is 11.1. The lowest BCUT2D eigenvalue weighted by atomic mass is 9.90. The number of sulfonamides is 1. The molecule has 4 nitrogen and oxygen atoms in total. The Morgan fingerprint density at radius 3 is 2.08 bits per heavy atom. The number of benzene rings is 2. The zero-order chi connectivity index (χ0) is 17.2. The highest BCUT2D eigenvalue weighted by Crippen LogP contribution is 2.30. The molecule has 1 aliphatic rings. The second kappa shape index (κ2) is 6.87.